The highest BCUT2D eigenvalue weighted by Gasteiger charge is 1.98. The van der Waals surface area contributed by atoms with Crippen LogP contribution in [0.3, 0.4) is 0 Å². The maximum Gasteiger partial charge on any atom is 0.144 e. The summed E-state index contributed by atoms with van der Waals surface area (Å²) in [7, 11) is 0. The highest BCUT2D eigenvalue weighted by molar-refractivity contribution is 5.30. The third kappa shape index (κ3) is 4.25. The summed E-state index contributed by atoms with van der Waals surface area (Å²) >= 11 is 0. The molecule has 4 nitrogen and oxygen atoms in total. The molecule has 1 N–H and O–H groups in total. The van der Waals surface area contributed by atoms with Crippen molar-refractivity contribution in [3.8, 4) is 0 Å². The van der Waals surface area contributed by atoms with Crippen LogP contribution in [0.25, 0.3) is 0 Å². The van der Waals surface area contributed by atoms with E-state index in [1.54, 1.807) is 12.4 Å². The minimum absolute atomic E-state index is 0.854. The number of hydrogen-bond donors (Lipinski definition) is 1. The van der Waals surface area contributed by atoms with Crippen molar-refractivity contribution in [1.29, 1.82) is 0 Å². The lowest BCUT2D eigenvalue weighted by Crippen LogP contribution is -2.28. The first-order valence-corrected chi connectivity index (χ1v) is 5.51. The van der Waals surface area contributed by atoms with Gasteiger partial charge in [-0.3, -0.25) is 4.98 Å². The van der Waals surface area contributed by atoms with Gasteiger partial charge in [-0.05, 0) is 20.0 Å². The number of rotatable bonds is 6. The summed E-state index contributed by atoms with van der Waals surface area (Å²) in [6.07, 6.45) is 3.55. The zero-order valence-corrected chi connectivity index (χ0v) is 9.82. The standard InChI is InChI=1S/C11H20N4/c1-4-15(5-2)7-6-12-11-9-13-10(3)8-14-11/h8-9H,4-7H2,1-3H3,(H,12,14). The van der Waals surface area contributed by atoms with E-state index in [1.807, 2.05) is 6.92 Å². The number of nitrogens with one attached hydrogen (secondary N) is 1. The summed E-state index contributed by atoms with van der Waals surface area (Å²) in [4.78, 5) is 10.8. The van der Waals surface area contributed by atoms with Crippen molar-refractivity contribution in [2.45, 2.75) is 20.8 Å². The van der Waals surface area contributed by atoms with Gasteiger partial charge >= 0.3 is 0 Å². The first-order chi connectivity index (χ1) is 7.26. The normalized spacial score (nSPS) is 10.7. The fraction of sp³-hybridized carbons (Fsp3) is 0.636. The van der Waals surface area contributed by atoms with Gasteiger partial charge in [0.15, 0.2) is 0 Å². The molecule has 0 bridgehead atoms. The molecular formula is C11H20N4. The smallest absolute Gasteiger partial charge is 0.144 e. The molecular weight excluding hydrogens is 188 g/mol. The first-order valence-electron chi connectivity index (χ1n) is 5.51. The maximum atomic E-state index is 4.23. The Labute approximate surface area is 91.7 Å². The van der Waals surface area contributed by atoms with E-state index in [9.17, 15) is 0 Å². The van der Waals surface area contributed by atoms with E-state index in [0.717, 1.165) is 37.7 Å². The molecule has 1 heterocycles. The molecule has 1 aromatic heterocycles. The molecule has 0 atom stereocenters. The van der Waals surface area contributed by atoms with Crippen LogP contribution in [-0.4, -0.2) is 41.0 Å². The molecule has 0 spiro atoms. The maximum absolute atomic E-state index is 4.23. The van der Waals surface area contributed by atoms with E-state index >= 15 is 0 Å². The molecule has 0 amide bonds. The summed E-state index contributed by atoms with van der Waals surface area (Å²) in [6, 6.07) is 0. The van der Waals surface area contributed by atoms with Gasteiger partial charge in [-0.1, -0.05) is 13.8 Å². The van der Waals surface area contributed by atoms with Crippen LogP contribution in [0.15, 0.2) is 12.4 Å². The molecule has 0 saturated heterocycles. The van der Waals surface area contributed by atoms with Crippen LogP contribution in [0.1, 0.15) is 19.5 Å². The van der Waals surface area contributed by atoms with Gasteiger partial charge in [-0.15, -0.1) is 0 Å². The number of hydrogen-bond acceptors (Lipinski definition) is 4. The zero-order chi connectivity index (χ0) is 11.1. The van der Waals surface area contributed by atoms with E-state index in [0.29, 0.717) is 0 Å². The second-order valence-electron chi connectivity index (χ2n) is 3.50. The quantitative estimate of drug-likeness (QED) is 0.770. The Morgan fingerprint density at radius 2 is 1.93 bits per heavy atom. The van der Waals surface area contributed by atoms with Gasteiger partial charge in [0.1, 0.15) is 5.82 Å². The number of likely N-dealkylation sites (N-methyl/N-ethyl adjacent to an activating group) is 1. The van der Waals surface area contributed by atoms with E-state index in [-0.39, 0.29) is 0 Å². The van der Waals surface area contributed by atoms with Crippen molar-refractivity contribution in [2.75, 3.05) is 31.5 Å². The average Bonchev–Trinajstić information content (AvgIpc) is 2.27. The topological polar surface area (TPSA) is 41.0 Å². The van der Waals surface area contributed by atoms with Crippen LogP contribution in [0.2, 0.25) is 0 Å². The summed E-state index contributed by atoms with van der Waals surface area (Å²) in [6.45, 7) is 10.4. The van der Waals surface area contributed by atoms with Crippen LogP contribution < -0.4 is 5.32 Å². The molecule has 0 unspecified atom stereocenters. The summed E-state index contributed by atoms with van der Waals surface area (Å²) in [5.41, 5.74) is 0.948. The van der Waals surface area contributed by atoms with E-state index in [4.69, 9.17) is 0 Å². The highest BCUT2D eigenvalue weighted by Crippen LogP contribution is 1.99. The Morgan fingerprint density at radius 3 is 2.47 bits per heavy atom. The molecule has 1 aromatic rings. The van der Waals surface area contributed by atoms with Crippen molar-refractivity contribution >= 4 is 5.82 Å². The summed E-state index contributed by atoms with van der Waals surface area (Å²) in [5, 5.41) is 3.26. The third-order valence-corrected chi connectivity index (χ3v) is 2.41. The number of anilines is 1. The molecule has 15 heavy (non-hydrogen) atoms. The van der Waals surface area contributed by atoms with Crippen LogP contribution in [0, 0.1) is 6.92 Å². The van der Waals surface area contributed by atoms with Crippen molar-refractivity contribution < 1.29 is 0 Å². The van der Waals surface area contributed by atoms with Crippen molar-refractivity contribution in [1.82, 2.24) is 14.9 Å². The molecule has 0 saturated carbocycles. The third-order valence-electron chi connectivity index (χ3n) is 2.41. The van der Waals surface area contributed by atoms with Gasteiger partial charge in [-0.2, -0.15) is 0 Å². The molecule has 1 rings (SSSR count). The van der Waals surface area contributed by atoms with Crippen molar-refractivity contribution in [3.05, 3.63) is 18.1 Å². The summed E-state index contributed by atoms with van der Waals surface area (Å²) in [5.74, 6) is 0.854. The Kier molecular flexibility index (Phi) is 5.04. The Morgan fingerprint density at radius 1 is 1.20 bits per heavy atom. The largest absolute Gasteiger partial charge is 0.368 e. The zero-order valence-electron chi connectivity index (χ0n) is 9.82. The molecule has 0 aromatic carbocycles. The van der Waals surface area contributed by atoms with E-state index in [1.165, 1.54) is 0 Å². The predicted molar refractivity (Wildman–Crippen MR) is 63.0 cm³/mol. The van der Waals surface area contributed by atoms with Crippen molar-refractivity contribution in [2.24, 2.45) is 0 Å². The van der Waals surface area contributed by atoms with Gasteiger partial charge in [-0.25, -0.2) is 4.98 Å². The van der Waals surface area contributed by atoms with Crippen LogP contribution in [0.4, 0.5) is 5.82 Å². The molecule has 0 radical (unpaired) electrons. The van der Waals surface area contributed by atoms with E-state index < -0.39 is 0 Å². The second-order valence-corrected chi connectivity index (χ2v) is 3.50. The van der Waals surface area contributed by atoms with Crippen LogP contribution in [0.5, 0.6) is 0 Å². The summed E-state index contributed by atoms with van der Waals surface area (Å²) < 4.78 is 0. The molecule has 0 aliphatic carbocycles. The Balaban J connectivity index is 2.28. The molecule has 0 aliphatic rings. The Hall–Kier alpha value is -1.16. The van der Waals surface area contributed by atoms with Gasteiger partial charge in [0.25, 0.3) is 0 Å². The number of aryl methyl sites for hydroxylation is 1. The lowest BCUT2D eigenvalue weighted by atomic mass is 10.4. The average molecular weight is 208 g/mol. The fourth-order valence-corrected chi connectivity index (χ4v) is 1.37. The molecule has 84 valence electrons. The molecule has 0 fully saturated rings. The fourth-order valence-electron chi connectivity index (χ4n) is 1.37. The van der Waals surface area contributed by atoms with Crippen molar-refractivity contribution in [3.63, 3.8) is 0 Å². The minimum atomic E-state index is 0.854. The number of nitrogens with zero attached hydrogens (tertiary/aromatic N) is 3. The van der Waals surface area contributed by atoms with Gasteiger partial charge < -0.3 is 10.2 Å². The highest BCUT2D eigenvalue weighted by atomic mass is 15.1. The minimum Gasteiger partial charge on any atom is -0.368 e. The van der Waals surface area contributed by atoms with Gasteiger partial charge in [0, 0.05) is 13.1 Å². The lowest BCUT2D eigenvalue weighted by molar-refractivity contribution is 0.316. The van der Waals surface area contributed by atoms with Crippen LogP contribution in [-0.2, 0) is 0 Å². The lowest BCUT2D eigenvalue weighted by Gasteiger charge is -2.17. The van der Waals surface area contributed by atoms with Crippen LogP contribution >= 0.6 is 0 Å². The molecule has 4 heteroatoms. The van der Waals surface area contributed by atoms with E-state index in [2.05, 4.69) is 34.0 Å². The first kappa shape index (κ1) is 11.9. The molecule has 0 aliphatic heterocycles. The van der Waals surface area contributed by atoms with Gasteiger partial charge in [0.2, 0.25) is 0 Å². The second kappa shape index (κ2) is 6.35. The van der Waals surface area contributed by atoms with Gasteiger partial charge in [0.05, 0.1) is 18.1 Å². The monoisotopic (exact) mass is 208 g/mol. The number of aromatic nitrogens is 2. The predicted octanol–water partition coefficient (Wildman–Crippen LogP) is 1.54. The Bertz CT molecular complexity index is 266. The SMILES string of the molecule is CCN(CC)CCNc1cnc(C)cn1.